The zero-order valence-electron chi connectivity index (χ0n) is 13.8. The fraction of sp³-hybridized carbons (Fsp3) is 0.471. The van der Waals surface area contributed by atoms with E-state index in [1.165, 1.54) is 12.2 Å². The van der Waals surface area contributed by atoms with Crippen LogP contribution in [-0.2, 0) is 35.0 Å². The maximum Gasteiger partial charge on any atom is 0.329 e. The van der Waals surface area contributed by atoms with E-state index in [9.17, 15) is 9.18 Å². The summed E-state index contributed by atoms with van der Waals surface area (Å²) < 4.78 is 28.7. The first kappa shape index (κ1) is 15.3. The minimum Gasteiger partial charge on any atom is -0.491 e. The topological polar surface area (TPSA) is 48.6 Å². The third-order valence-corrected chi connectivity index (χ3v) is 5.06. The lowest BCUT2D eigenvalue weighted by atomic mass is 9.96. The van der Waals surface area contributed by atoms with Crippen LogP contribution in [0, 0.1) is 0 Å². The Morgan fingerprint density at radius 2 is 1.96 bits per heavy atom. The third kappa shape index (κ3) is 2.07. The molecule has 1 fully saturated rings. The summed E-state index contributed by atoms with van der Waals surface area (Å²) in [5.74, 6) is -0.167. The van der Waals surface area contributed by atoms with Crippen LogP contribution >= 0.6 is 0 Å². The van der Waals surface area contributed by atoms with Gasteiger partial charge in [-0.3, -0.25) is 9.13 Å². The van der Waals surface area contributed by atoms with Crippen molar-refractivity contribution in [2.75, 3.05) is 26.9 Å². The molecule has 0 aliphatic carbocycles. The standard InChI is InChI=1S/C17H20FN3O3/c1-11-4-12(18)5-13-6-14-15(7-19(13)2)20(3)16(22)21(14)17(10-24-11)8-23-9-17/h4-5H,1,6-10H2,2-3H3/b12-4+,13-5+. The minimum absolute atomic E-state index is 0.0835. The number of fused-ring (bicyclic) bond motifs is 2. The smallest absolute Gasteiger partial charge is 0.329 e. The summed E-state index contributed by atoms with van der Waals surface area (Å²) in [4.78, 5) is 14.9. The molecule has 6 nitrogen and oxygen atoms in total. The average Bonchev–Trinajstić information content (AvgIpc) is 2.71. The SMILES string of the molecule is C=C1/C=C(F)\C=C2/Cc3c(n(C)c(=O)n3C3(COC3)CO1)CN2C. The van der Waals surface area contributed by atoms with Gasteiger partial charge >= 0.3 is 5.69 Å². The van der Waals surface area contributed by atoms with E-state index in [0.29, 0.717) is 26.2 Å². The van der Waals surface area contributed by atoms with Gasteiger partial charge in [0, 0.05) is 32.3 Å². The van der Waals surface area contributed by atoms with Crippen LogP contribution in [0.2, 0.25) is 0 Å². The molecular weight excluding hydrogens is 313 g/mol. The van der Waals surface area contributed by atoms with E-state index < -0.39 is 11.4 Å². The van der Waals surface area contributed by atoms with Crippen LogP contribution in [0.4, 0.5) is 4.39 Å². The van der Waals surface area contributed by atoms with Gasteiger partial charge in [-0.1, -0.05) is 6.58 Å². The third-order valence-electron chi connectivity index (χ3n) is 5.06. The summed E-state index contributed by atoms with van der Waals surface area (Å²) in [6.45, 7) is 5.34. The maximum atomic E-state index is 14.2. The fourth-order valence-electron chi connectivity index (χ4n) is 3.60. The van der Waals surface area contributed by atoms with E-state index in [4.69, 9.17) is 9.47 Å². The van der Waals surface area contributed by atoms with Crippen LogP contribution in [0.5, 0.6) is 0 Å². The molecule has 1 spiro atoms. The Labute approximate surface area is 139 Å². The molecule has 0 saturated carbocycles. The molecule has 4 rings (SSSR count). The summed E-state index contributed by atoms with van der Waals surface area (Å²) in [5, 5.41) is 0. The quantitative estimate of drug-likeness (QED) is 0.715. The maximum absolute atomic E-state index is 14.2. The highest BCUT2D eigenvalue weighted by Gasteiger charge is 2.46. The van der Waals surface area contributed by atoms with Gasteiger partial charge in [0.15, 0.2) is 0 Å². The number of aromatic nitrogens is 2. The van der Waals surface area contributed by atoms with Crippen molar-refractivity contribution >= 4 is 0 Å². The van der Waals surface area contributed by atoms with Crippen LogP contribution in [0.1, 0.15) is 11.4 Å². The minimum atomic E-state index is -0.555. The van der Waals surface area contributed by atoms with Gasteiger partial charge in [0.25, 0.3) is 0 Å². The second kappa shape index (κ2) is 5.11. The highest BCUT2D eigenvalue weighted by Crippen LogP contribution is 2.33. The number of ether oxygens (including phenoxy) is 2. The van der Waals surface area contributed by atoms with E-state index in [0.717, 1.165) is 17.1 Å². The lowest BCUT2D eigenvalue weighted by molar-refractivity contribution is -0.130. The number of likely N-dealkylation sites (N-methyl/N-ethyl adjacent to an activating group) is 1. The lowest BCUT2D eigenvalue weighted by Crippen LogP contribution is -2.59. The summed E-state index contributed by atoms with van der Waals surface area (Å²) >= 11 is 0. The number of allylic oxidation sites excluding steroid dienone is 4. The zero-order valence-corrected chi connectivity index (χ0v) is 13.8. The van der Waals surface area contributed by atoms with Gasteiger partial charge in [-0.05, 0) is 6.08 Å². The van der Waals surface area contributed by atoms with E-state index in [-0.39, 0.29) is 18.1 Å². The fourth-order valence-corrected chi connectivity index (χ4v) is 3.60. The molecule has 0 radical (unpaired) electrons. The predicted octanol–water partition coefficient (Wildman–Crippen LogP) is 1.18. The number of nitrogens with zero attached hydrogens (tertiary/aromatic N) is 3. The van der Waals surface area contributed by atoms with Crippen molar-refractivity contribution in [2.45, 2.75) is 18.5 Å². The number of hydrogen-bond acceptors (Lipinski definition) is 4. The molecular formula is C17H20FN3O3. The Hall–Kier alpha value is -2.28. The van der Waals surface area contributed by atoms with Crippen molar-refractivity contribution in [1.82, 2.24) is 14.0 Å². The molecule has 0 amide bonds. The van der Waals surface area contributed by atoms with E-state index in [2.05, 4.69) is 6.58 Å². The highest BCUT2D eigenvalue weighted by molar-refractivity contribution is 5.33. The zero-order chi connectivity index (χ0) is 17.1. The molecule has 0 unspecified atom stereocenters. The molecule has 4 heterocycles. The van der Waals surface area contributed by atoms with Crippen LogP contribution in [0.3, 0.4) is 0 Å². The van der Waals surface area contributed by atoms with Crippen LogP contribution < -0.4 is 5.69 Å². The van der Waals surface area contributed by atoms with Gasteiger partial charge in [-0.25, -0.2) is 9.18 Å². The number of imidazole rings is 1. The Morgan fingerprint density at radius 1 is 1.21 bits per heavy atom. The molecule has 2 bridgehead atoms. The number of hydrogen-bond donors (Lipinski definition) is 0. The second-order valence-electron chi connectivity index (χ2n) is 6.74. The van der Waals surface area contributed by atoms with E-state index in [1.54, 1.807) is 16.2 Å². The Bertz CT molecular complexity index is 842. The predicted molar refractivity (Wildman–Crippen MR) is 86.0 cm³/mol. The van der Waals surface area contributed by atoms with Crippen molar-refractivity contribution in [3.63, 3.8) is 0 Å². The number of halogens is 1. The van der Waals surface area contributed by atoms with E-state index >= 15 is 0 Å². The molecule has 1 aromatic heterocycles. The molecule has 128 valence electrons. The Balaban J connectivity index is 1.96. The molecule has 1 saturated heterocycles. The highest BCUT2D eigenvalue weighted by atomic mass is 19.1. The molecule has 3 aliphatic heterocycles. The molecule has 3 aliphatic rings. The van der Waals surface area contributed by atoms with Gasteiger partial charge in [-0.2, -0.15) is 0 Å². The van der Waals surface area contributed by atoms with Crippen LogP contribution in [0.15, 0.2) is 40.8 Å². The van der Waals surface area contributed by atoms with Gasteiger partial charge in [0.2, 0.25) is 0 Å². The van der Waals surface area contributed by atoms with Gasteiger partial charge in [0.05, 0.1) is 31.1 Å². The first-order valence-electron chi connectivity index (χ1n) is 7.90. The van der Waals surface area contributed by atoms with Crippen molar-refractivity contribution in [3.8, 4) is 0 Å². The Kier molecular flexibility index (Phi) is 3.25. The van der Waals surface area contributed by atoms with Crippen LogP contribution in [0.25, 0.3) is 0 Å². The van der Waals surface area contributed by atoms with Gasteiger partial charge < -0.3 is 14.4 Å². The first-order chi connectivity index (χ1) is 11.4. The number of rotatable bonds is 0. The van der Waals surface area contributed by atoms with E-state index in [1.807, 2.05) is 11.9 Å². The Morgan fingerprint density at radius 3 is 2.62 bits per heavy atom. The van der Waals surface area contributed by atoms with Crippen molar-refractivity contribution in [2.24, 2.45) is 7.05 Å². The molecule has 24 heavy (non-hydrogen) atoms. The average molecular weight is 333 g/mol. The summed E-state index contributed by atoms with van der Waals surface area (Å²) in [7, 11) is 3.68. The molecule has 0 N–H and O–H groups in total. The van der Waals surface area contributed by atoms with Crippen LogP contribution in [-0.4, -0.2) is 40.9 Å². The second-order valence-corrected chi connectivity index (χ2v) is 6.74. The molecule has 7 heteroatoms. The molecule has 0 aromatic carbocycles. The first-order valence-corrected chi connectivity index (χ1v) is 7.90. The summed E-state index contributed by atoms with van der Waals surface area (Å²) in [6, 6.07) is 0. The van der Waals surface area contributed by atoms with Gasteiger partial charge in [0.1, 0.15) is 23.7 Å². The monoisotopic (exact) mass is 333 g/mol. The van der Waals surface area contributed by atoms with Crippen molar-refractivity contribution in [3.05, 3.63) is 57.9 Å². The van der Waals surface area contributed by atoms with Gasteiger partial charge in [-0.15, -0.1) is 0 Å². The van der Waals surface area contributed by atoms with Crippen molar-refractivity contribution in [1.29, 1.82) is 0 Å². The summed E-state index contributed by atoms with van der Waals surface area (Å²) in [6.07, 6.45) is 3.26. The largest absolute Gasteiger partial charge is 0.491 e. The molecule has 1 aromatic rings. The summed E-state index contributed by atoms with van der Waals surface area (Å²) in [5.41, 5.74) is 2.05. The van der Waals surface area contributed by atoms with Crippen molar-refractivity contribution < 1.29 is 13.9 Å². The normalized spacial score (nSPS) is 26.6. The molecule has 0 atom stereocenters. The lowest BCUT2D eigenvalue weighted by Gasteiger charge is -2.43.